The molecule has 1 aliphatic heterocycles. The fraction of sp³-hybridized carbons (Fsp3) is 0.517. The number of aromatic amines is 1. The zero-order chi connectivity index (χ0) is 29.4. The number of anilines is 1. The molecule has 0 unspecified atom stereocenters. The van der Waals surface area contributed by atoms with Crippen LogP contribution in [0.15, 0.2) is 30.3 Å². The predicted molar refractivity (Wildman–Crippen MR) is 153 cm³/mol. The summed E-state index contributed by atoms with van der Waals surface area (Å²) in [4.78, 5) is 37.6. The van der Waals surface area contributed by atoms with Gasteiger partial charge in [-0.2, -0.15) is 4.98 Å². The van der Waals surface area contributed by atoms with E-state index in [1.54, 1.807) is 6.07 Å². The van der Waals surface area contributed by atoms with E-state index in [-0.39, 0.29) is 31.0 Å². The standard InChI is InChI=1S/C29H35ClFN5O5/c1-28(2,25(37)38)29(31)12-8-20(9-13-29)41-26-33-22-16-21(30)23(34-24(22)35-26)17-4-6-19(7-5-17)36-14-10-18(11-15-36)32-27(39)40-3/h4-7,16,18,20H,8-15H2,1-3H3,(H,32,39)(H,37,38)(H,33,34,35). The van der Waals surface area contributed by atoms with Crippen LogP contribution < -0.4 is 15.0 Å². The van der Waals surface area contributed by atoms with Crippen LogP contribution in [-0.4, -0.2) is 70.1 Å². The molecular weight excluding hydrogens is 553 g/mol. The molecule has 1 amide bonds. The number of aromatic nitrogens is 3. The third-order valence-corrected chi connectivity index (χ3v) is 8.86. The lowest BCUT2D eigenvalue weighted by atomic mass is 9.68. The van der Waals surface area contributed by atoms with E-state index in [4.69, 9.17) is 21.1 Å². The van der Waals surface area contributed by atoms with E-state index in [9.17, 15) is 14.7 Å². The van der Waals surface area contributed by atoms with Crippen LogP contribution in [0, 0.1) is 5.41 Å². The van der Waals surface area contributed by atoms with Gasteiger partial charge in [0.1, 0.15) is 11.8 Å². The number of ether oxygens (including phenoxy) is 2. The lowest BCUT2D eigenvalue weighted by molar-refractivity contribution is -0.160. The largest absolute Gasteiger partial charge is 0.481 e. The average molecular weight is 588 g/mol. The Morgan fingerprint density at radius 1 is 1.15 bits per heavy atom. The van der Waals surface area contributed by atoms with Crippen molar-refractivity contribution in [2.45, 2.75) is 70.2 Å². The van der Waals surface area contributed by atoms with Crippen LogP contribution in [-0.2, 0) is 9.53 Å². The van der Waals surface area contributed by atoms with E-state index >= 15 is 4.39 Å². The van der Waals surface area contributed by atoms with Crippen molar-refractivity contribution in [2.24, 2.45) is 5.41 Å². The van der Waals surface area contributed by atoms with Gasteiger partial charge in [0, 0.05) is 30.4 Å². The van der Waals surface area contributed by atoms with Crippen molar-refractivity contribution in [1.82, 2.24) is 20.3 Å². The minimum absolute atomic E-state index is 0.101. The maximum atomic E-state index is 15.4. The van der Waals surface area contributed by atoms with E-state index in [1.165, 1.54) is 21.0 Å². The first-order chi connectivity index (χ1) is 19.5. The summed E-state index contributed by atoms with van der Waals surface area (Å²) in [5.41, 5.74) is 0.343. The van der Waals surface area contributed by atoms with Crippen molar-refractivity contribution in [2.75, 3.05) is 25.1 Å². The Morgan fingerprint density at radius 3 is 2.41 bits per heavy atom. The van der Waals surface area contributed by atoms with Crippen molar-refractivity contribution >= 4 is 40.5 Å². The molecule has 2 aromatic heterocycles. The van der Waals surface area contributed by atoms with Gasteiger partial charge in [0.25, 0.3) is 6.01 Å². The minimum Gasteiger partial charge on any atom is -0.481 e. The number of methoxy groups -OCH3 is 1. The molecule has 1 aliphatic carbocycles. The molecule has 12 heteroatoms. The van der Waals surface area contributed by atoms with Gasteiger partial charge < -0.3 is 29.8 Å². The van der Waals surface area contributed by atoms with Crippen molar-refractivity contribution in [3.8, 4) is 17.3 Å². The highest BCUT2D eigenvalue weighted by Crippen LogP contribution is 2.46. The van der Waals surface area contributed by atoms with Crippen LogP contribution in [0.5, 0.6) is 6.01 Å². The average Bonchev–Trinajstić information content (AvgIpc) is 3.35. The molecule has 2 aliphatic rings. The van der Waals surface area contributed by atoms with E-state index in [0.29, 0.717) is 34.7 Å². The lowest BCUT2D eigenvalue weighted by Crippen LogP contribution is -2.49. The van der Waals surface area contributed by atoms with Crippen LogP contribution >= 0.6 is 11.6 Å². The molecule has 220 valence electrons. The number of fused-ring (bicyclic) bond motifs is 1. The second-order valence-corrected chi connectivity index (χ2v) is 11.8. The summed E-state index contributed by atoms with van der Waals surface area (Å²) in [6.45, 7) is 4.51. The maximum absolute atomic E-state index is 15.4. The lowest BCUT2D eigenvalue weighted by Gasteiger charge is -2.41. The molecule has 5 rings (SSSR count). The van der Waals surface area contributed by atoms with Gasteiger partial charge >= 0.3 is 12.1 Å². The number of carbonyl (C=O) groups excluding carboxylic acids is 1. The number of rotatable bonds is 7. The van der Waals surface area contributed by atoms with Gasteiger partial charge in [0.15, 0.2) is 5.65 Å². The number of nitrogens with zero attached hydrogens (tertiary/aromatic N) is 3. The van der Waals surface area contributed by atoms with E-state index in [1.807, 2.05) is 24.3 Å². The first-order valence-electron chi connectivity index (χ1n) is 13.8. The third kappa shape index (κ3) is 5.91. The number of hydrogen-bond donors (Lipinski definition) is 3. The van der Waals surface area contributed by atoms with E-state index in [0.717, 1.165) is 37.2 Å². The molecule has 3 aromatic rings. The summed E-state index contributed by atoms with van der Waals surface area (Å²) in [6.07, 6.45) is 1.95. The number of H-pyrrole nitrogens is 1. The monoisotopic (exact) mass is 587 g/mol. The number of nitrogens with one attached hydrogen (secondary N) is 2. The molecule has 41 heavy (non-hydrogen) atoms. The number of hydrogen-bond acceptors (Lipinski definition) is 7. The number of carbonyl (C=O) groups is 2. The number of pyridine rings is 1. The molecule has 0 radical (unpaired) electrons. The molecule has 1 aromatic carbocycles. The van der Waals surface area contributed by atoms with Gasteiger partial charge in [-0.25, -0.2) is 14.2 Å². The van der Waals surface area contributed by atoms with E-state index < -0.39 is 23.1 Å². The molecule has 0 spiro atoms. The number of benzene rings is 1. The topological polar surface area (TPSA) is 130 Å². The van der Waals surface area contributed by atoms with Gasteiger partial charge in [-0.05, 0) is 70.6 Å². The van der Waals surface area contributed by atoms with Crippen molar-refractivity contribution in [3.63, 3.8) is 0 Å². The van der Waals surface area contributed by atoms with Crippen molar-refractivity contribution in [1.29, 1.82) is 0 Å². The van der Waals surface area contributed by atoms with Crippen LogP contribution in [0.25, 0.3) is 22.4 Å². The fourth-order valence-electron chi connectivity index (χ4n) is 5.63. The second kappa shape index (κ2) is 11.3. The fourth-order valence-corrected chi connectivity index (χ4v) is 5.89. The summed E-state index contributed by atoms with van der Waals surface area (Å²) >= 11 is 6.60. The van der Waals surface area contributed by atoms with Crippen LogP contribution in [0.2, 0.25) is 5.02 Å². The Bertz CT molecular complexity index is 1410. The molecule has 0 atom stereocenters. The van der Waals surface area contributed by atoms with Gasteiger partial charge in [-0.1, -0.05) is 23.7 Å². The highest BCUT2D eigenvalue weighted by molar-refractivity contribution is 6.33. The van der Waals surface area contributed by atoms with Gasteiger partial charge in [0.2, 0.25) is 0 Å². The number of aliphatic carboxylic acids is 1. The Kier molecular flexibility index (Phi) is 8.00. The summed E-state index contributed by atoms with van der Waals surface area (Å²) in [5.74, 6) is -1.14. The molecule has 3 N–H and O–H groups in total. The summed E-state index contributed by atoms with van der Waals surface area (Å²) in [5, 5.41) is 12.8. The number of carboxylic acids is 1. The Labute approximate surface area is 242 Å². The molecule has 1 saturated carbocycles. The highest BCUT2D eigenvalue weighted by Gasteiger charge is 2.52. The maximum Gasteiger partial charge on any atom is 0.407 e. The first kappa shape index (κ1) is 28.9. The number of carboxylic acid groups (broad SMARTS) is 1. The quantitative estimate of drug-likeness (QED) is 0.319. The smallest absolute Gasteiger partial charge is 0.407 e. The van der Waals surface area contributed by atoms with Crippen molar-refractivity contribution < 1.29 is 28.6 Å². The second-order valence-electron chi connectivity index (χ2n) is 11.4. The Balaban J connectivity index is 1.23. The SMILES string of the molecule is COC(=O)NC1CCN(c2ccc(-c3nc4nc(OC5CCC(F)(C(C)(C)C(=O)O)CC5)[nH]c4cc3Cl)cc2)CC1. The van der Waals surface area contributed by atoms with E-state index in [2.05, 4.69) is 25.2 Å². The molecule has 2 fully saturated rings. The highest BCUT2D eigenvalue weighted by atomic mass is 35.5. The zero-order valence-corrected chi connectivity index (χ0v) is 24.1. The number of piperidine rings is 1. The van der Waals surface area contributed by atoms with Crippen LogP contribution in [0.1, 0.15) is 52.4 Å². The predicted octanol–water partition coefficient (Wildman–Crippen LogP) is 5.74. The Morgan fingerprint density at radius 2 is 1.80 bits per heavy atom. The van der Waals surface area contributed by atoms with Crippen molar-refractivity contribution in [3.05, 3.63) is 35.4 Å². The van der Waals surface area contributed by atoms with Gasteiger partial charge in [-0.15, -0.1) is 0 Å². The number of alkyl carbamates (subject to hydrolysis) is 1. The number of imidazole rings is 1. The van der Waals surface area contributed by atoms with Crippen LogP contribution in [0.4, 0.5) is 14.9 Å². The molecule has 10 nitrogen and oxygen atoms in total. The summed E-state index contributed by atoms with van der Waals surface area (Å²) in [6, 6.07) is 10.2. The Hall–Kier alpha value is -3.60. The number of alkyl halides is 1. The number of halogens is 2. The summed E-state index contributed by atoms with van der Waals surface area (Å²) < 4.78 is 26.1. The minimum atomic E-state index is -1.79. The third-order valence-electron chi connectivity index (χ3n) is 8.57. The zero-order valence-electron chi connectivity index (χ0n) is 23.4. The molecule has 3 heterocycles. The molecule has 1 saturated heterocycles. The van der Waals surface area contributed by atoms with Gasteiger partial charge in [0.05, 0.1) is 28.8 Å². The summed E-state index contributed by atoms with van der Waals surface area (Å²) in [7, 11) is 1.37. The normalized spacial score (nSPS) is 22.0. The van der Waals surface area contributed by atoms with Crippen LogP contribution in [0.3, 0.4) is 0 Å². The van der Waals surface area contributed by atoms with Gasteiger partial charge in [-0.3, -0.25) is 4.79 Å². The number of amides is 1. The molecule has 0 bridgehead atoms. The first-order valence-corrected chi connectivity index (χ1v) is 14.2. The molecular formula is C29H35ClFN5O5.